The smallest absolute Gasteiger partial charge is 0.312 e. The van der Waals surface area contributed by atoms with Crippen LogP contribution in [0.3, 0.4) is 0 Å². The third kappa shape index (κ3) is 4.79. The van der Waals surface area contributed by atoms with E-state index in [0.29, 0.717) is 39.1 Å². The molecule has 1 aliphatic heterocycles. The van der Waals surface area contributed by atoms with Crippen molar-refractivity contribution in [2.45, 2.75) is 6.42 Å². The summed E-state index contributed by atoms with van der Waals surface area (Å²) in [7, 11) is 3.32. The molecule has 0 aliphatic carbocycles. The minimum Gasteiger partial charge on any atom is -0.497 e. The molecule has 1 aliphatic rings. The fraction of sp³-hybridized carbons (Fsp3) is 0.381. The molecule has 7 nitrogen and oxygen atoms in total. The number of benzene rings is 1. The Labute approximate surface area is 165 Å². The van der Waals surface area contributed by atoms with Crippen molar-refractivity contribution in [1.29, 1.82) is 0 Å². The number of ether oxygens (including phenoxy) is 1. The molecule has 7 heteroatoms. The maximum Gasteiger partial charge on any atom is 0.312 e. The first-order chi connectivity index (χ1) is 13.6. The molecule has 0 unspecified atom stereocenters. The van der Waals surface area contributed by atoms with Crippen molar-refractivity contribution in [2.75, 3.05) is 51.8 Å². The van der Waals surface area contributed by atoms with Gasteiger partial charge in [-0.25, -0.2) is 0 Å². The summed E-state index contributed by atoms with van der Waals surface area (Å²) >= 11 is 0. The standard InChI is InChI=1S/C21H26N4O3/c1-23(12-9-17-7-10-22-11-8-17)20(26)21(27)25-15-13-24(14-16-25)18-3-5-19(28-2)6-4-18/h3-8,10-11H,9,12-16H2,1-2H3. The lowest BCUT2D eigenvalue weighted by Gasteiger charge is -2.36. The largest absolute Gasteiger partial charge is 0.497 e. The summed E-state index contributed by atoms with van der Waals surface area (Å²) in [5.41, 5.74) is 2.18. The second kappa shape index (κ2) is 9.21. The number of amides is 2. The average molecular weight is 382 g/mol. The summed E-state index contributed by atoms with van der Waals surface area (Å²) in [4.78, 5) is 34.4. The third-order valence-electron chi connectivity index (χ3n) is 5.02. The number of pyridine rings is 1. The molecule has 28 heavy (non-hydrogen) atoms. The normalized spacial score (nSPS) is 13.9. The van der Waals surface area contributed by atoms with E-state index in [-0.39, 0.29) is 0 Å². The van der Waals surface area contributed by atoms with Gasteiger partial charge in [0.2, 0.25) is 0 Å². The zero-order valence-corrected chi connectivity index (χ0v) is 16.4. The lowest BCUT2D eigenvalue weighted by molar-refractivity contribution is -0.151. The van der Waals surface area contributed by atoms with Crippen molar-refractivity contribution in [2.24, 2.45) is 0 Å². The van der Waals surface area contributed by atoms with E-state index >= 15 is 0 Å². The predicted molar refractivity (Wildman–Crippen MR) is 107 cm³/mol. The summed E-state index contributed by atoms with van der Waals surface area (Å²) in [5.74, 6) is -0.0588. The van der Waals surface area contributed by atoms with Gasteiger partial charge in [0, 0.05) is 57.9 Å². The van der Waals surface area contributed by atoms with Crippen LogP contribution in [0, 0.1) is 0 Å². The molecule has 0 bridgehead atoms. The summed E-state index contributed by atoms with van der Waals surface area (Å²) < 4.78 is 5.19. The second-order valence-corrected chi connectivity index (χ2v) is 6.81. The van der Waals surface area contributed by atoms with Gasteiger partial charge in [0.05, 0.1) is 7.11 Å². The van der Waals surface area contributed by atoms with E-state index in [9.17, 15) is 9.59 Å². The SMILES string of the molecule is COc1ccc(N2CCN(C(=O)C(=O)N(C)CCc3ccncc3)CC2)cc1. The van der Waals surface area contributed by atoms with Gasteiger partial charge in [-0.3, -0.25) is 14.6 Å². The van der Waals surface area contributed by atoms with Crippen molar-refractivity contribution in [3.05, 3.63) is 54.4 Å². The number of likely N-dealkylation sites (N-methyl/N-ethyl adjacent to an activating group) is 1. The van der Waals surface area contributed by atoms with Crippen LogP contribution < -0.4 is 9.64 Å². The second-order valence-electron chi connectivity index (χ2n) is 6.81. The number of hydrogen-bond donors (Lipinski definition) is 0. The van der Waals surface area contributed by atoms with Crippen LogP contribution >= 0.6 is 0 Å². The first-order valence-electron chi connectivity index (χ1n) is 9.41. The number of methoxy groups -OCH3 is 1. The molecule has 2 aromatic rings. The Kier molecular flexibility index (Phi) is 6.47. The van der Waals surface area contributed by atoms with Crippen LogP contribution in [-0.2, 0) is 16.0 Å². The Balaban J connectivity index is 1.48. The molecule has 3 rings (SSSR count). The Morgan fingerprint density at radius 3 is 2.29 bits per heavy atom. The van der Waals surface area contributed by atoms with Gasteiger partial charge in [0.25, 0.3) is 0 Å². The van der Waals surface area contributed by atoms with Crippen molar-refractivity contribution < 1.29 is 14.3 Å². The number of carbonyl (C=O) groups is 2. The van der Waals surface area contributed by atoms with Crippen molar-refractivity contribution in [1.82, 2.24) is 14.8 Å². The van der Waals surface area contributed by atoms with Gasteiger partial charge in [0.1, 0.15) is 5.75 Å². The number of anilines is 1. The van der Waals surface area contributed by atoms with Gasteiger partial charge in [-0.2, -0.15) is 0 Å². The Bertz CT molecular complexity index is 787. The van der Waals surface area contributed by atoms with E-state index in [1.807, 2.05) is 36.4 Å². The number of carbonyl (C=O) groups excluding carboxylic acids is 2. The molecule has 1 saturated heterocycles. The number of rotatable bonds is 5. The van der Waals surface area contributed by atoms with Crippen LogP contribution in [0.15, 0.2) is 48.8 Å². The molecule has 0 N–H and O–H groups in total. The van der Waals surface area contributed by atoms with E-state index in [4.69, 9.17) is 4.74 Å². The molecule has 0 atom stereocenters. The highest BCUT2D eigenvalue weighted by atomic mass is 16.5. The van der Waals surface area contributed by atoms with Gasteiger partial charge in [0.15, 0.2) is 0 Å². The number of nitrogens with zero attached hydrogens (tertiary/aromatic N) is 4. The molecule has 1 fully saturated rings. The molecule has 0 saturated carbocycles. The van der Waals surface area contributed by atoms with E-state index in [1.165, 1.54) is 4.90 Å². The summed E-state index contributed by atoms with van der Waals surface area (Å²) in [6, 6.07) is 11.7. The fourth-order valence-electron chi connectivity index (χ4n) is 3.21. The van der Waals surface area contributed by atoms with Crippen LogP contribution in [0.25, 0.3) is 0 Å². The van der Waals surface area contributed by atoms with Crippen LogP contribution in [-0.4, -0.2) is 73.5 Å². The maximum atomic E-state index is 12.6. The monoisotopic (exact) mass is 382 g/mol. The highest BCUT2D eigenvalue weighted by molar-refractivity contribution is 6.34. The number of piperazine rings is 1. The molecular formula is C21H26N4O3. The zero-order chi connectivity index (χ0) is 19.9. The van der Waals surface area contributed by atoms with Crippen molar-refractivity contribution >= 4 is 17.5 Å². The Morgan fingerprint density at radius 1 is 1.04 bits per heavy atom. The highest BCUT2D eigenvalue weighted by Gasteiger charge is 2.28. The van der Waals surface area contributed by atoms with Crippen LogP contribution in [0.2, 0.25) is 0 Å². The van der Waals surface area contributed by atoms with Crippen molar-refractivity contribution in [3.63, 3.8) is 0 Å². The van der Waals surface area contributed by atoms with E-state index in [0.717, 1.165) is 17.0 Å². The van der Waals surface area contributed by atoms with Gasteiger partial charge in [-0.05, 0) is 48.4 Å². The highest BCUT2D eigenvalue weighted by Crippen LogP contribution is 2.20. The zero-order valence-electron chi connectivity index (χ0n) is 16.4. The third-order valence-corrected chi connectivity index (χ3v) is 5.02. The molecular weight excluding hydrogens is 356 g/mol. The molecule has 2 heterocycles. The van der Waals surface area contributed by atoms with Gasteiger partial charge < -0.3 is 19.4 Å². The molecule has 148 valence electrons. The van der Waals surface area contributed by atoms with Crippen LogP contribution in [0.1, 0.15) is 5.56 Å². The summed E-state index contributed by atoms with van der Waals surface area (Å²) in [5, 5.41) is 0. The fourth-order valence-corrected chi connectivity index (χ4v) is 3.21. The predicted octanol–water partition coefficient (Wildman–Crippen LogP) is 1.44. The molecule has 2 amide bonds. The first kappa shape index (κ1) is 19.7. The van der Waals surface area contributed by atoms with Gasteiger partial charge >= 0.3 is 11.8 Å². The molecule has 0 spiro atoms. The number of hydrogen-bond acceptors (Lipinski definition) is 5. The van der Waals surface area contributed by atoms with Gasteiger partial charge in [-0.1, -0.05) is 0 Å². The minimum atomic E-state index is -0.452. The minimum absolute atomic E-state index is 0.424. The summed E-state index contributed by atoms with van der Waals surface area (Å²) in [6.45, 7) is 2.97. The van der Waals surface area contributed by atoms with Gasteiger partial charge in [-0.15, -0.1) is 0 Å². The summed E-state index contributed by atoms with van der Waals surface area (Å²) in [6.07, 6.45) is 4.15. The van der Waals surface area contributed by atoms with E-state index in [1.54, 1.807) is 31.5 Å². The first-order valence-corrected chi connectivity index (χ1v) is 9.41. The molecule has 0 radical (unpaired) electrons. The molecule has 1 aromatic carbocycles. The molecule has 1 aromatic heterocycles. The Morgan fingerprint density at radius 2 is 1.68 bits per heavy atom. The Hall–Kier alpha value is -3.09. The lowest BCUT2D eigenvalue weighted by Crippen LogP contribution is -2.53. The van der Waals surface area contributed by atoms with Crippen LogP contribution in [0.5, 0.6) is 5.75 Å². The average Bonchev–Trinajstić information content (AvgIpc) is 2.77. The van der Waals surface area contributed by atoms with E-state index < -0.39 is 11.8 Å². The number of aromatic nitrogens is 1. The van der Waals surface area contributed by atoms with Crippen molar-refractivity contribution in [3.8, 4) is 5.75 Å². The van der Waals surface area contributed by atoms with E-state index in [2.05, 4.69) is 9.88 Å². The lowest BCUT2D eigenvalue weighted by atomic mass is 10.2. The van der Waals surface area contributed by atoms with Crippen LogP contribution in [0.4, 0.5) is 5.69 Å². The topological polar surface area (TPSA) is 66.0 Å². The maximum absolute atomic E-state index is 12.6. The quantitative estimate of drug-likeness (QED) is 0.732.